The van der Waals surface area contributed by atoms with E-state index < -0.39 is 16.0 Å². The predicted octanol–water partition coefficient (Wildman–Crippen LogP) is 3.48. The Morgan fingerprint density at radius 3 is 2.41 bits per heavy atom. The Bertz CT molecular complexity index is 1300. The summed E-state index contributed by atoms with van der Waals surface area (Å²) in [5.41, 5.74) is 1.73. The maximum atomic E-state index is 12.8. The highest BCUT2D eigenvalue weighted by atomic mass is 32.2. The van der Waals surface area contributed by atoms with Crippen molar-refractivity contribution < 1.29 is 22.7 Å². The molecule has 2 N–H and O–H groups in total. The molecule has 0 fully saturated rings. The van der Waals surface area contributed by atoms with Crippen LogP contribution in [0.1, 0.15) is 10.4 Å². The first-order chi connectivity index (χ1) is 15.4. The number of hydrogen-bond donors (Lipinski definition) is 1. The molecule has 0 aliphatic carbocycles. The highest BCUT2D eigenvalue weighted by Gasteiger charge is 2.20. The first-order valence-corrected chi connectivity index (χ1v) is 12.0. The van der Waals surface area contributed by atoms with Crippen LogP contribution >= 0.6 is 11.3 Å². The van der Waals surface area contributed by atoms with E-state index in [4.69, 9.17) is 14.6 Å². The first-order valence-electron chi connectivity index (χ1n) is 9.53. The Morgan fingerprint density at radius 1 is 1.00 bits per heavy atom. The lowest BCUT2D eigenvalue weighted by Crippen LogP contribution is -2.13. The number of rotatable bonds is 8. The number of esters is 1. The number of ether oxygens (including phenoxy) is 2. The molecule has 0 atom stereocenters. The molecule has 0 saturated heterocycles. The SMILES string of the molecule is NS(=O)(=O)c1ccc(OCCOC(=O)c2cn(-c3ccccc3)nc2-c2cccs2)cc1. The Hall–Kier alpha value is -3.47. The summed E-state index contributed by atoms with van der Waals surface area (Å²) in [5.74, 6) is -0.0756. The summed E-state index contributed by atoms with van der Waals surface area (Å²) in [6.07, 6.45) is 1.65. The highest BCUT2D eigenvalue weighted by molar-refractivity contribution is 7.89. The van der Waals surface area contributed by atoms with Crippen molar-refractivity contribution in [1.82, 2.24) is 9.78 Å². The average Bonchev–Trinajstić information content (AvgIpc) is 3.47. The third-order valence-corrected chi connectivity index (χ3v) is 6.25. The van der Waals surface area contributed by atoms with E-state index in [2.05, 4.69) is 5.10 Å². The van der Waals surface area contributed by atoms with Gasteiger partial charge in [0.15, 0.2) is 0 Å². The van der Waals surface area contributed by atoms with Crippen LogP contribution in [-0.4, -0.2) is 37.4 Å². The lowest BCUT2D eigenvalue weighted by Gasteiger charge is -2.08. The molecule has 4 rings (SSSR count). The number of carbonyl (C=O) groups excluding carboxylic acids is 1. The highest BCUT2D eigenvalue weighted by Crippen LogP contribution is 2.28. The van der Waals surface area contributed by atoms with Crippen LogP contribution in [0.3, 0.4) is 0 Å². The van der Waals surface area contributed by atoms with E-state index in [1.54, 1.807) is 10.9 Å². The summed E-state index contributed by atoms with van der Waals surface area (Å²) < 4.78 is 35.1. The molecule has 0 spiro atoms. The van der Waals surface area contributed by atoms with Crippen molar-refractivity contribution in [3.8, 4) is 22.0 Å². The van der Waals surface area contributed by atoms with E-state index >= 15 is 0 Å². The number of nitrogens with two attached hydrogens (primary N) is 1. The fourth-order valence-electron chi connectivity index (χ4n) is 2.93. The molecule has 8 nitrogen and oxygen atoms in total. The summed E-state index contributed by atoms with van der Waals surface area (Å²) in [5, 5.41) is 11.6. The number of hydrogen-bond acceptors (Lipinski definition) is 7. The molecule has 2 aromatic carbocycles. The fraction of sp³-hybridized carbons (Fsp3) is 0.0909. The largest absolute Gasteiger partial charge is 0.490 e. The number of nitrogens with zero attached hydrogens (tertiary/aromatic N) is 2. The van der Waals surface area contributed by atoms with Gasteiger partial charge in [-0.2, -0.15) is 5.10 Å². The zero-order valence-electron chi connectivity index (χ0n) is 16.7. The Balaban J connectivity index is 1.42. The van der Waals surface area contributed by atoms with Crippen LogP contribution < -0.4 is 9.88 Å². The molecule has 32 heavy (non-hydrogen) atoms. The molecule has 0 aliphatic heterocycles. The van der Waals surface area contributed by atoms with Gasteiger partial charge < -0.3 is 9.47 Å². The molecule has 0 radical (unpaired) electrons. The van der Waals surface area contributed by atoms with Crippen LogP contribution in [0.5, 0.6) is 5.75 Å². The third kappa shape index (κ3) is 5.05. The van der Waals surface area contributed by atoms with E-state index in [0.29, 0.717) is 17.0 Å². The molecule has 0 unspecified atom stereocenters. The summed E-state index contributed by atoms with van der Waals surface area (Å²) in [6.45, 7) is 0.109. The molecule has 164 valence electrons. The number of para-hydroxylation sites is 1. The molecule has 10 heteroatoms. The molecular formula is C22H19N3O5S2. The van der Waals surface area contributed by atoms with Gasteiger partial charge in [-0.1, -0.05) is 24.3 Å². The molecular weight excluding hydrogens is 450 g/mol. The van der Waals surface area contributed by atoms with Gasteiger partial charge in [-0.3, -0.25) is 0 Å². The first kappa shape index (κ1) is 21.8. The van der Waals surface area contributed by atoms with Crippen LogP contribution in [0, 0.1) is 0 Å². The van der Waals surface area contributed by atoms with Gasteiger partial charge in [0, 0.05) is 6.20 Å². The van der Waals surface area contributed by atoms with Crippen molar-refractivity contribution in [2.24, 2.45) is 5.14 Å². The van der Waals surface area contributed by atoms with Gasteiger partial charge in [0.05, 0.1) is 15.5 Å². The van der Waals surface area contributed by atoms with Gasteiger partial charge in [-0.05, 0) is 47.8 Å². The minimum Gasteiger partial charge on any atom is -0.490 e. The summed E-state index contributed by atoms with van der Waals surface area (Å²) in [7, 11) is -3.76. The minimum absolute atomic E-state index is 0.00666. The Morgan fingerprint density at radius 2 is 1.75 bits per heavy atom. The van der Waals surface area contributed by atoms with Crippen molar-refractivity contribution in [2.45, 2.75) is 4.90 Å². The van der Waals surface area contributed by atoms with Crippen molar-refractivity contribution in [3.63, 3.8) is 0 Å². The fourth-order valence-corrected chi connectivity index (χ4v) is 4.17. The van der Waals surface area contributed by atoms with Gasteiger partial charge in [-0.15, -0.1) is 11.3 Å². The Kier molecular flexibility index (Phi) is 6.35. The maximum absolute atomic E-state index is 12.8. The van der Waals surface area contributed by atoms with Crippen LogP contribution in [0.4, 0.5) is 0 Å². The monoisotopic (exact) mass is 469 g/mol. The second-order valence-electron chi connectivity index (χ2n) is 6.65. The summed E-state index contributed by atoms with van der Waals surface area (Å²) in [6, 6.07) is 19.0. The van der Waals surface area contributed by atoms with E-state index in [1.807, 2.05) is 47.8 Å². The summed E-state index contributed by atoms with van der Waals surface area (Å²) >= 11 is 1.48. The average molecular weight is 470 g/mol. The van der Waals surface area contributed by atoms with E-state index in [-0.39, 0.29) is 18.1 Å². The lowest BCUT2D eigenvalue weighted by atomic mass is 10.2. The van der Waals surface area contributed by atoms with Crippen LogP contribution in [0.25, 0.3) is 16.3 Å². The summed E-state index contributed by atoms with van der Waals surface area (Å²) in [4.78, 5) is 13.6. The van der Waals surface area contributed by atoms with Gasteiger partial charge in [0.1, 0.15) is 30.2 Å². The molecule has 0 bridgehead atoms. The molecule has 0 saturated carbocycles. The molecule has 0 amide bonds. The number of thiophene rings is 1. The van der Waals surface area contributed by atoms with Crippen LogP contribution in [0.15, 0.2) is 83.2 Å². The zero-order chi connectivity index (χ0) is 22.6. The van der Waals surface area contributed by atoms with Crippen LogP contribution in [0.2, 0.25) is 0 Å². The van der Waals surface area contributed by atoms with Gasteiger partial charge in [-0.25, -0.2) is 23.0 Å². The van der Waals surface area contributed by atoms with Crippen molar-refractivity contribution in [1.29, 1.82) is 0 Å². The van der Waals surface area contributed by atoms with Crippen LogP contribution in [-0.2, 0) is 14.8 Å². The number of benzene rings is 2. The zero-order valence-corrected chi connectivity index (χ0v) is 18.4. The molecule has 4 aromatic rings. The van der Waals surface area contributed by atoms with E-state index in [1.165, 1.54) is 35.6 Å². The number of sulfonamides is 1. The second kappa shape index (κ2) is 9.35. The quantitative estimate of drug-likeness (QED) is 0.312. The number of primary sulfonamides is 1. The molecule has 2 aromatic heterocycles. The van der Waals surface area contributed by atoms with E-state index in [9.17, 15) is 13.2 Å². The maximum Gasteiger partial charge on any atom is 0.342 e. The van der Waals surface area contributed by atoms with Gasteiger partial charge in [0.2, 0.25) is 10.0 Å². The Labute approximate surface area is 188 Å². The van der Waals surface area contributed by atoms with Gasteiger partial charge >= 0.3 is 5.97 Å². The lowest BCUT2D eigenvalue weighted by molar-refractivity contribution is 0.0451. The smallest absolute Gasteiger partial charge is 0.342 e. The minimum atomic E-state index is -3.76. The van der Waals surface area contributed by atoms with Crippen molar-refractivity contribution >= 4 is 27.3 Å². The standard InChI is InChI=1S/C22H19N3O5S2/c23-32(27,28)18-10-8-17(9-11-18)29-12-13-30-22(26)19-15-25(16-5-2-1-3-6-16)24-21(19)20-7-4-14-31-20/h1-11,14-15H,12-13H2,(H2,23,27,28). The van der Waals surface area contributed by atoms with Crippen molar-refractivity contribution in [3.05, 3.63) is 83.9 Å². The van der Waals surface area contributed by atoms with Gasteiger partial charge in [0.25, 0.3) is 0 Å². The predicted molar refractivity (Wildman–Crippen MR) is 120 cm³/mol. The molecule has 2 heterocycles. The number of aromatic nitrogens is 2. The molecule has 0 aliphatic rings. The van der Waals surface area contributed by atoms with Crippen molar-refractivity contribution in [2.75, 3.05) is 13.2 Å². The second-order valence-corrected chi connectivity index (χ2v) is 9.16. The number of carbonyl (C=O) groups is 1. The van der Waals surface area contributed by atoms with E-state index in [0.717, 1.165) is 10.6 Å². The third-order valence-electron chi connectivity index (χ3n) is 4.45. The topological polar surface area (TPSA) is 114 Å². The normalized spacial score (nSPS) is 11.3.